The van der Waals surface area contributed by atoms with Crippen LogP contribution >= 0.6 is 0 Å². The van der Waals surface area contributed by atoms with Gasteiger partial charge in [-0.15, -0.1) is 0 Å². The topological polar surface area (TPSA) is 49.3 Å². The number of aromatic hydroxyl groups is 1. The van der Waals surface area contributed by atoms with Crippen molar-refractivity contribution >= 4 is 16.7 Å². The Bertz CT molecular complexity index is 632. The Kier molecular flexibility index (Phi) is 2.90. The fourth-order valence-electron chi connectivity index (χ4n) is 2.44. The van der Waals surface area contributed by atoms with E-state index >= 15 is 0 Å². The largest absolute Gasteiger partial charge is 0.506 e. The lowest BCUT2D eigenvalue weighted by Gasteiger charge is -2.14. The number of rotatable bonds is 3. The highest BCUT2D eigenvalue weighted by atomic mass is 16.3. The summed E-state index contributed by atoms with van der Waals surface area (Å²) >= 11 is 0. The SMILES string of the molecule is CC(NC(=O)c1ccc2ccccc2c1O)C1CC1. The first-order valence-corrected chi connectivity index (χ1v) is 6.68. The molecule has 19 heavy (non-hydrogen) atoms. The molecule has 2 N–H and O–H groups in total. The van der Waals surface area contributed by atoms with Gasteiger partial charge >= 0.3 is 0 Å². The van der Waals surface area contributed by atoms with Gasteiger partial charge in [0.15, 0.2) is 0 Å². The van der Waals surface area contributed by atoms with Crippen molar-refractivity contribution in [2.75, 3.05) is 0 Å². The highest BCUT2D eigenvalue weighted by Gasteiger charge is 2.29. The maximum Gasteiger partial charge on any atom is 0.255 e. The van der Waals surface area contributed by atoms with Crippen molar-refractivity contribution < 1.29 is 9.90 Å². The molecule has 0 radical (unpaired) electrons. The first kappa shape index (κ1) is 12.0. The Balaban J connectivity index is 1.91. The van der Waals surface area contributed by atoms with E-state index < -0.39 is 0 Å². The van der Waals surface area contributed by atoms with Crippen molar-refractivity contribution in [3.8, 4) is 5.75 Å². The van der Waals surface area contributed by atoms with Crippen molar-refractivity contribution in [3.05, 3.63) is 42.0 Å². The second-order valence-corrected chi connectivity index (χ2v) is 5.28. The van der Waals surface area contributed by atoms with Gasteiger partial charge in [0.2, 0.25) is 0 Å². The number of benzene rings is 2. The van der Waals surface area contributed by atoms with Crippen LogP contribution in [0.2, 0.25) is 0 Å². The van der Waals surface area contributed by atoms with Crippen LogP contribution in [0.3, 0.4) is 0 Å². The van der Waals surface area contributed by atoms with Gasteiger partial charge in [0.1, 0.15) is 5.75 Å². The first-order valence-electron chi connectivity index (χ1n) is 6.68. The lowest BCUT2D eigenvalue weighted by atomic mass is 10.0. The van der Waals surface area contributed by atoms with Crippen LogP contribution < -0.4 is 5.32 Å². The van der Waals surface area contributed by atoms with Gasteiger partial charge in [0.05, 0.1) is 5.56 Å². The lowest BCUT2D eigenvalue weighted by molar-refractivity contribution is 0.0933. The lowest BCUT2D eigenvalue weighted by Crippen LogP contribution is -2.34. The predicted molar refractivity (Wildman–Crippen MR) is 75.3 cm³/mol. The Hall–Kier alpha value is -2.03. The fourth-order valence-corrected chi connectivity index (χ4v) is 2.44. The third-order valence-electron chi connectivity index (χ3n) is 3.83. The van der Waals surface area contributed by atoms with E-state index in [9.17, 15) is 9.90 Å². The summed E-state index contributed by atoms with van der Waals surface area (Å²) in [5, 5.41) is 14.8. The molecule has 3 rings (SSSR count). The van der Waals surface area contributed by atoms with Gasteiger partial charge in [-0.3, -0.25) is 4.79 Å². The summed E-state index contributed by atoms with van der Waals surface area (Å²) in [7, 11) is 0. The van der Waals surface area contributed by atoms with Gasteiger partial charge in [0.25, 0.3) is 5.91 Å². The zero-order valence-electron chi connectivity index (χ0n) is 10.9. The molecule has 0 spiro atoms. The summed E-state index contributed by atoms with van der Waals surface area (Å²) < 4.78 is 0. The third kappa shape index (κ3) is 2.28. The third-order valence-corrected chi connectivity index (χ3v) is 3.83. The van der Waals surface area contributed by atoms with E-state index in [2.05, 4.69) is 5.32 Å². The van der Waals surface area contributed by atoms with E-state index in [1.54, 1.807) is 6.07 Å². The summed E-state index contributed by atoms with van der Waals surface area (Å²) in [6.45, 7) is 2.02. The van der Waals surface area contributed by atoms with Gasteiger partial charge in [-0.05, 0) is 37.1 Å². The number of fused-ring (bicyclic) bond motifs is 1. The fraction of sp³-hybridized carbons (Fsp3) is 0.312. The van der Waals surface area contributed by atoms with Crippen LogP contribution in [0, 0.1) is 5.92 Å². The van der Waals surface area contributed by atoms with E-state index in [0.717, 1.165) is 5.39 Å². The molecule has 0 bridgehead atoms. The molecule has 1 aliphatic rings. The molecule has 1 fully saturated rings. The summed E-state index contributed by atoms with van der Waals surface area (Å²) in [6.07, 6.45) is 2.37. The Morgan fingerprint density at radius 2 is 2.00 bits per heavy atom. The molecule has 1 unspecified atom stereocenters. The van der Waals surface area contributed by atoms with E-state index in [-0.39, 0.29) is 17.7 Å². The number of hydrogen-bond donors (Lipinski definition) is 2. The molecule has 0 aromatic heterocycles. The van der Waals surface area contributed by atoms with Crippen molar-refractivity contribution in [3.63, 3.8) is 0 Å². The molecule has 1 saturated carbocycles. The van der Waals surface area contributed by atoms with Gasteiger partial charge in [-0.25, -0.2) is 0 Å². The minimum absolute atomic E-state index is 0.0681. The van der Waals surface area contributed by atoms with Crippen LogP contribution in [-0.4, -0.2) is 17.1 Å². The quantitative estimate of drug-likeness (QED) is 0.885. The maximum absolute atomic E-state index is 12.2. The average Bonchev–Trinajstić information content (AvgIpc) is 3.23. The zero-order chi connectivity index (χ0) is 13.4. The number of carbonyl (C=O) groups excluding carboxylic acids is 1. The molecule has 0 saturated heterocycles. The van der Waals surface area contributed by atoms with E-state index in [1.807, 2.05) is 37.3 Å². The van der Waals surface area contributed by atoms with Crippen LogP contribution in [0.25, 0.3) is 10.8 Å². The number of amides is 1. The Morgan fingerprint density at radius 3 is 2.74 bits per heavy atom. The van der Waals surface area contributed by atoms with Crippen molar-refractivity contribution in [2.24, 2.45) is 5.92 Å². The first-order chi connectivity index (χ1) is 9.16. The van der Waals surface area contributed by atoms with Crippen LogP contribution in [0.4, 0.5) is 0 Å². The number of carbonyl (C=O) groups is 1. The summed E-state index contributed by atoms with van der Waals surface area (Å²) in [6, 6.07) is 11.2. The normalized spacial score (nSPS) is 16.3. The summed E-state index contributed by atoms with van der Waals surface area (Å²) in [4.78, 5) is 12.2. The van der Waals surface area contributed by atoms with Crippen LogP contribution in [0.15, 0.2) is 36.4 Å². The molecule has 0 heterocycles. The molecular weight excluding hydrogens is 238 g/mol. The monoisotopic (exact) mass is 255 g/mol. The summed E-state index contributed by atoms with van der Waals surface area (Å²) in [5.41, 5.74) is 0.353. The summed E-state index contributed by atoms with van der Waals surface area (Å²) in [5.74, 6) is 0.479. The molecule has 3 nitrogen and oxygen atoms in total. The van der Waals surface area contributed by atoms with Crippen molar-refractivity contribution in [1.82, 2.24) is 5.32 Å². The van der Waals surface area contributed by atoms with E-state index in [4.69, 9.17) is 0 Å². The van der Waals surface area contributed by atoms with E-state index in [0.29, 0.717) is 16.9 Å². The molecule has 1 amide bonds. The van der Waals surface area contributed by atoms with E-state index in [1.165, 1.54) is 12.8 Å². The second kappa shape index (κ2) is 4.57. The highest BCUT2D eigenvalue weighted by molar-refractivity contribution is 6.03. The maximum atomic E-state index is 12.2. The number of hydrogen-bond acceptors (Lipinski definition) is 2. The van der Waals surface area contributed by atoms with Gasteiger partial charge in [-0.2, -0.15) is 0 Å². The molecule has 0 aliphatic heterocycles. The number of phenolic OH excluding ortho intramolecular Hbond substituents is 1. The zero-order valence-corrected chi connectivity index (χ0v) is 10.9. The van der Waals surface area contributed by atoms with Crippen molar-refractivity contribution in [1.29, 1.82) is 0 Å². The molecule has 98 valence electrons. The minimum atomic E-state index is -0.192. The molecule has 1 aliphatic carbocycles. The molecular formula is C16H17NO2. The van der Waals surface area contributed by atoms with Crippen LogP contribution in [0.1, 0.15) is 30.1 Å². The van der Waals surface area contributed by atoms with Crippen LogP contribution in [0.5, 0.6) is 5.75 Å². The molecule has 2 aromatic rings. The molecule has 1 atom stereocenters. The number of phenols is 1. The minimum Gasteiger partial charge on any atom is -0.506 e. The van der Waals surface area contributed by atoms with Crippen molar-refractivity contribution in [2.45, 2.75) is 25.8 Å². The van der Waals surface area contributed by atoms with Gasteiger partial charge < -0.3 is 10.4 Å². The second-order valence-electron chi connectivity index (χ2n) is 5.28. The number of nitrogens with one attached hydrogen (secondary N) is 1. The standard InChI is InChI=1S/C16H17NO2/c1-10(11-6-7-11)17-16(19)14-9-8-12-4-2-3-5-13(12)15(14)18/h2-5,8-11,18H,6-7H2,1H3,(H,17,19). The molecule has 3 heteroatoms. The molecule has 2 aromatic carbocycles. The smallest absolute Gasteiger partial charge is 0.255 e. The van der Waals surface area contributed by atoms with Gasteiger partial charge in [0, 0.05) is 11.4 Å². The predicted octanol–water partition coefficient (Wildman–Crippen LogP) is 3.07. The Labute approximate surface area is 112 Å². The van der Waals surface area contributed by atoms with Gasteiger partial charge in [-0.1, -0.05) is 30.3 Å². The average molecular weight is 255 g/mol. The highest BCUT2D eigenvalue weighted by Crippen LogP contribution is 2.33. The van der Waals surface area contributed by atoms with Crippen LogP contribution in [-0.2, 0) is 0 Å². The Morgan fingerprint density at radius 1 is 1.26 bits per heavy atom.